The van der Waals surface area contributed by atoms with Gasteiger partial charge in [-0.15, -0.1) is 0 Å². The fraction of sp³-hybridized carbons (Fsp3) is 0. The van der Waals surface area contributed by atoms with Crippen LogP contribution in [0.1, 0.15) is 0 Å². The molecule has 0 bridgehead atoms. The molecule has 10 aromatic carbocycles. The Labute approximate surface area is 310 Å². The summed E-state index contributed by atoms with van der Waals surface area (Å²) >= 11 is 0. The smallest absolute Gasteiger partial charge is 0.136 e. The minimum absolute atomic E-state index is 0.865. The van der Waals surface area contributed by atoms with Gasteiger partial charge in [0.15, 0.2) is 0 Å². The third kappa shape index (κ3) is 4.11. The van der Waals surface area contributed by atoms with Gasteiger partial charge in [0.2, 0.25) is 0 Å². The Morgan fingerprint density at radius 2 is 0.741 bits per heavy atom. The Morgan fingerprint density at radius 1 is 0.241 bits per heavy atom. The van der Waals surface area contributed by atoms with Gasteiger partial charge in [0, 0.05) is 21.5 Å². The molecule has 0 aliphatic carbocycles. The van der Waals surface area contributed by atoms with E-state index in [0.29, 0.717) is 0 Å². The van der Waals surface area contributed by atoms with Crippen LogP contribution in [0, 0.1) is 0 Å². The van der Waals surface area contributed by atoms with Crippen molar-refractivity contribution in [2.75, 3.05) is 0 Å². The minimum Gasteiger partial charge on any atom is -0.456 e. The fourth-order valence-electron chi connectivity index (χ4n) is 9.17. The van der Waals surface area contributed by atoms with Gasteiger partial charge in [-0.2, -0.15) is 0 Å². The maximum atomic E-state index is 6.50. The number of benzene rings is 10. The van der Waals surface area contributed by atoms with Crippen molar-refractivity contribution in [2.45, 2.75) is 0 Å². The van der Waals surface area contributed by atoms with Gasteiger partial charge in [0.05, 0.1) is 0 Å². The summed E-state index contributed by atoms with van der Waals surface area (Å²) in [6.45, 7) is 0. The number of hydrogen-bond donors (Lipinski definition) is 0. The lowest BCUT2D eigenvalue weighted by molar-refractivity contribution is 0.663. The predicted octanol–water partition coefficient (Wildman–Crippen LogP) is 15.1. The molecule has 0 radical (unpaired) electrons. The highest BCUT2D eigenvalue weighted by Gasteiger charge is 2.22. The summed E-state index contributed by atoms with van der Waals surface area (Å²) < 4.78 is 12.8. The molecule has 12 aromatic rings. The van der Waals surface area contributed by atoms with Gasteiger partial charge in [0.25, 0.3) is 0 Å². The quantitative estimate of drug-likeness (QED) is 0.137. The number of rotatable bonds is 3. The lowest BCUT2D eigenvalue weighted by Gasteiger charge is -2.20. The second-order valence-electron chi connectivity index (χ2n) is 14.3. The van der Waals surface area contributed by atoms with Crippen LogP contribution >= 0.6 is 0 Å². The summed E-state index contributed by atoms with van der Waals surface area (Å²) in [5.74, 6) is 0. The van der Waals surface area contributed by atoms with E-state index in [2.05, 4.69) is 158 Å². The minimum atomic E-state index is 0.865. The van der Waals surface area contributed by atoms with Crippen LogP contribution in [0.3, 0.4) is 0 Å². The van der Waals surface area contributed by atoms with Crippen LogP contribution in [-0.2, 0) is 0 Å². The van der Waals surface area contributed by atoms with Gasteiger partial charge in [0.1, 0.15) is 22.3 Å². The lowest BCUT2D eigenvalue weighted by Crippen LogP contribution is -1.93. The van der Waals surface area contributed by atoms with E-state index in [1.54, 1.807) is 0 Å². The second kappa shape index (κ2) is 11.2. The van der Waals surface area contributed by atoms with Crippen LogP contribution in [0.5, 0.6) is 0 Å². The monoisotopic (exact) mass is 686 g/mol. The van der Waals surface area contributed by atoms with Crippen molar-refractivity contribution in [1.29, 1.82) is 0 Å². The van der Waals surface area contributed by atoms with E-state index in [9.17, 15) is 0 Å². The summed E-state index contributed by atoms with van der Waals surface area (Å²) in [5.41, 5.74) is 10.8. The first kappa shape index (κ1) is 29.4. The molecule has 0 spiro atoms. The predicted molar refractivity (Wildman–Crippen MR) is 227 cm³/mol. The van der Waals surface area contributed by atoms with Gasteiger partial charge in [-0.1, -0.05) is 146 Å². The molecule has 0 unspecified atom stereocenters. The number of fused-ring (bicyclic) bond motifs is 12. The molecule has 2 heteroatoms. The molecular weight excluding hydrogens is 657 g/mol. The number of para-hydroxylation sites is 1. The summed E-state index contributed by atoms with van der Waals surface area (Å²) in [6, 6.07) is 65.7. The molecule has 54 heavy (non-hydrogen) atoms. The van der Waals surface area contributed by atoms with Crippen molar-refractivity contribution in [3.05, 3.63) is 182 Å². The Kier molecular flexibility index (Phi) is 6.09. The highest BCUT2D eigenvalue weighted by atomic mass is 16.3. The maximum absolute atomic E-state index is 6.50. The molecule has 0 amide bonds. The zero-order chi connectivity index (χ0) is 35.3. The van der Waals surface area contributed by atoms with Gasteiger partial charge >= 0.3 is 0 Å². The van der Waals surface area contributed by atoms with E-state index in [-0.39, 0.29) is 0 Å². The van der Waals surface area contributed by atoms with Crippen LogP contribution < -0.4 is 0 Å². The van der Waals surface area contributed by atoms with E-state index in [4.69, 9.17) is 8.83 Å². The topological polar surface area (TPSA) is 26.3 Å². The van der Waals surface area contributed by atoms with Crippen LogP contribution in [0.2, 0.25) is 0 Å². The largest absolute Gasteiger partial charge is 0.456 e. The SMILES string of the molecule is c1ccc(-c2cccc3c2cc(-c2c4ccccc4c(-c4ccc5oc6ccc7oc8ccccc8c7c6c5c4)c4ccccc24)c2ccccc23)cc1. The van der Waals surface area contributed by atoms with Crippen molar-refractivity contribution in [3.63, 3.8) is 0 Å². The molecule has 0 N–H and O–H groups in total. The third-order valence-corrected chi connectivity index (χ3v) is 11.5. The molecule has 0 fully saturated rings. The third-order valence-electron chi connectivity index (χ3n) is 11.5. The average molecular weight is 687 g/mol. The van der Waals surface area contributed by atoms with Crippen molar-refractivity contribution < 1.29 is 8.83 Å². The number of furan rings is 2. The van der Waals surface area contributed by atoms with Crippen molar-refractivity contribution in [3.8, 4) is 33.4 Å². The zero-order valence-corrected chi connectivity index (χ0v) is 29.1. The van der Waals surface area contributed by atoms with Crippen LogP contribution in [0.4, 0.5) is 0 Å². The highest BCUT2D eigenvalue weighted by molar-refractivity contribution is 6.29. The van der Waals surface area contributed by atoms with E-state index in [1.807, 2.05) is 24.3 Å². The van der Waals surface area contributed by atoms with E-state index in [0.717, 1.165) is 49.4 Å². The van der Waals surface area contributed by atoms with Gasteiger partial charge < -0.3 is 8.83 Å². The van der Waals surface area contributed by atoms with E-state index < -0.39 is 0 Å². The molecule has 0 atom stereocenters. The molecule has 0 aliphatic heterocycles. The average Bonchev–Trinajstić information content (AvgIpc) is 3.80. The van der Waals surface area contributed by atoms with Gasteiger partial charge in [-0.25, -0.2) is 0 Å². The van der Waals surface area contributed by atoms with E-state index in [1.165, 1.54) is 70.9 Å². The summed E-state index contributed by atoms with van der Waals surface area (Å²) in [7, 11) is 0. The molecule has 0 saturated heterocycles. The molecule has 250 valence electrons. The second-order valence-corrected chi connectivity index (χ2v) is 14.3. The standard InChI is InChI=1S/C52H30O2/c1-2-13-31(14-3-1)33-22-12-23-35-34-15-4-5-16-36(34)43(30-42(33)35)50-39-19-8-6-17-37(39)49(38-18-7-9-20-40(38)50)32-25-26-46-44(29-32)52-48(54-46)28-27-47-51(52)41-21-10-11-24-45(41)53-47/h1-30H. The Hall–Kier alpha value is -7.16. The lowest BCUT2D eigenvalue weighted by atomic mass is 9.83. The molecule has 2 heterocycles. The number of hydrogen-bond acceptors (Lipinski definition) is 2. The first-order valence-electron chi connectivity index (χ1n) is 18.5. The van der Waals surface area contributed by atoms with E-state index >= 15 is 0 Å². The Morgan fingerprint density at radius 3 is 1.44 bits per heavy atom. The van der Waals surface area contributed by atoms with Crippen molar-refractivity contribution in [2.24, 2.45) is 0 Å². The van der Waals surface area contributed by atoms with Crippen LogP contribution in [0.15, 0.2) is 191 Å². The fourth-order valence-corrected chi connectivity index (χ4v) is 9.17. The summed E-state index contributed by atoms with van der Waals surface area (Å²) in [5, 5.41) is 14.3. The van der Waals surface area contributed by atoms with Crippen molar-refractivity contribution in [1.82, 2.24) is 0 Å². The highest BCUT2D eigenvalue weighted by Crippen LogP contribution is 2.48. The molecule has 12 rings (SSSR count). The molecule has 2 nitrogen and oxygen atoms in total. The van der Waals surface area contributed by atoms with Gasteiger partial charge in [-0.3, -0.25) is 0 Å². The molecule has 0 saturated carbocycles. The summed E-state index contributed by atoms with van der Waals surface area (Å²) in [6.07, 6.45) is 0. The van der Waals surface area contributed by atoms with Crippen LogP contribution in [-0.4, -0.2) is 0 Å². The molecular formula is C52H30O2. The first-order chi connectivity index (χ1) is 26.8. The maximum Gasteiger partial charge on any atom is 0.136 e. The molecule has 0 aliphatic rings. The first-order valence-corrected chi connectivity index (χ1v) is 18.5. The zero-order valence-electron chi connectivity index (χ0n) is 29.1. The van der Waals surface area contributed by atoms with Gasteiger partial charge in [-0.05, 0) is 113 Å². The Balaban J connectivity index is 1.19. The van der Waals surface area contributed by atoms with Crippen molar-refractivity contribution >= 4 is 87.0 Å². The Bertz CT molecular complexity index is 3430. The normalized spacial score (nSPS) is 12.1. The summed E-state index contributed by atoms with van der Waals surface area (Å²) in [4.78, 5) is 0. The molecule has 2 aromatic heterocycles. The van der Waals surface area contributed by atoms with Crippen LogP contribution in [0.25, 0.3) is 120 Å².